The van der Waals surface area contributed by atoms with Gasteiger partial charge in [-0.2, -0.15) is 0 Å². The van der Waals surface area contributed by atoms with Crippen LogP contribution in [0, 0.1) is 52.3 Å². The fourth-order valence-corrected chi connectivity index (χ4v) is 9.92. The van der Waals surface area contributed by atoms with Crippen LogP contribution in [0.3, 0.4) is 0 Å². The molecule has 10 atom stereocenters. The van der Waals surface area contributed by atoms with Crippen LogP contribution in [0.5, 0.6) is 0 Å². The predicted molar refractivity (Wildman–Crippen MR) is 132 cm³/mol. The first-order valence-corrected chi connectivity index (χ1v) is 14.0. The molecule has 0 amide bonds. The highest BCUT2D eigenvalue weighted by molar-refractivity contribution is 5.82. The third kappa shape index (κ3) is 3.59. The number of carbonyl (C=O) groups excluding carboxylic acids is 1. The van der Waals surface area contributed by atoms with Gasteiger partial charge in [0, 0.05) is 5.92 Å². The molecule has 0 radical (unpaired) electrons. The van der Waals surface area contributed by atoms with Crippen molar-refractivity contribution in [3.8, 4) is 0 Å². The molecule has 0 aromatic carbocycles. The van der Waals surface area contributed by atoms with E-state index >= 15 is 0 Å². The molecule has 4 fully saturated rings. The van der Waals surface area contributed by atoms with Gasteiger partial charge in [-0.3, -0.25) is 4.79 Å². The first-order valence-electron chi connectivity index (χ1n) is 14.0. The summed E-state index contributed by atoms with van der Waals surface area (Å²) in [5.74, 6) is 6.01. The molecular formula is C29H47NO3. The quantitative estimate of drug-likeness (QED) is 0.433. The number of hydrogen-bond donors (Lipinski definition) is 0. The lowest BCUT2D eigenvalue weighted by Gasteiger charge is -2.63. The molecule has 4 nitrogen and oxygen atoms in total. The summed E-state index contributed by atoms with van der Waals surface area (Å²) in [5.41, 5.74) is 0.574. The molecule has 0 N–H and O–H groups in total. The van der Waals surface area contributed by atoms with Gasteiger partial charge in [-0.05, 0) is 112 Å². The van der Waals surface area contributed by atoms with E-state index < -0.39 is 0 Å². The highest BCUT2D eigenvalue weighted by Crippen LogP contribution is 2.69. The van der Waals surface area contributed by atoms with E-state index in [1.807, 2.05) is 0 Å². The second kappa shape index (κ2) is 8.26. The molecule has 186 valence electrons. The Hall–Kier alpha value is -1.06. The zero-order valence-corrected chi connectivity index (χ0v) is 21.9. The summed E-state index contributed by atoms with van der Waals surface area (Å²) in [7, 11) is 0. The third-order valence-electron chi connectivity index (χ3n) is 11.7. The molecule has 0 aromatic rings. The average molecular weight is 458 g/mol. The number of fused-ring (bicyclic) bond motifs is 5. The Morgan fingerprint density at radius 1 is 1.09 bits per heavy atom. The molecule has 1 aliphatic heterocycles. The number of carbonyl (C=O) groups is 1. The van der Waals surface area contributed by atoms with Crippen molar-refractivity contribution >= 4 is 12.4 Å². The van der Waals surface area contributed by atoms with Crippen molar-refractivity contribution < 1.29 is 14.3 Å². The van der Waals surface area contributed by atoms with E-state index in [4.69, 9.17) is 14.5 Å². The summed E-state index contributed by atoms with van der Waals surface area (Å²) in [6.07, 6.45) is 11.4. The van der Waals surface area contributed by atoms with E-state index in [2.05, 4.69) is 41.5 Å². The number of nitrogens with zero attached hydrogens (tertiary/aromatic N) is 1. The summed E-state index contributed by atoms with van der Waals surface area (Å²) in [6, 6.07) is 0. The van der Waals surface area contributed by atoms with E-state index in [-0.39, 0.29) is 23.0 Å². The summed E-state index contributed by atoms with van der Waals surface area (Å²) < 4.78 is 11.9. The third-order valence-corrected chi connectivity index (χ3v) is 11.7. The van der Waals surface area contributed by atoms with Gasteiger partial charge in [0.1, 0.15) is 12.7 Å². The van der Waals surface area contributed by atoms with Crippen LogP contribution in [-0.2, 0) is 14.3 Å². The van der Waals surface area contributed by atoms with Gasteiger partial charge >= 0.3 is 0 Å². The van der Waals surface area contributed by atoms with Crippen molar-refractivity contribution in [2.24, 2.45) is 57.2 Å². The molecule has 4 aliphatic carbocycles. The lowest BCUT2D eigenvalue weighted by Crippen LogP contribution is -2.59. The topological polar surface area (TPSA) is 47.9 Å². The molecule has 4 saturated carbocycles. The molecule has 0 saturated heterocycles. The summed E-state index contributed by atoms with van der Waals surface area (Å²) in [6.45, 7) is 15.8. The van der Waals surface area contributed by atoms with E-state index in [9.17, 15) is 4.79 Å². The lowest BCUT2D eigenvalue weighted by molar-refractivity contribution is -0.160. The Morgan fingerprint density at radius 3 is 2.55 bits per heavy atom. The van der Waals surface area contributed by atoms with E-state index in [1.165, 1.54) is 44.9 Å². The van der Waals surface area contributed by atoms with Gasteiger partial charge in [-0.25, -0.2) is 4.99 Å². The summed E-state index contributed by atoms with van der Waals surface area (Å²) in [4.78, 5) is 16.3. The minimum atomic E-state index is -0.145. The molecule has 1 unspecified atom stereocenters. The zero-order chi connectivity index (χ0) is 23.6. The molecule has 4 heteroatoms. The van der Waals surface area contributed by atoms with Crippen LogP contribution >= 0.6 is 0 Å². The van der Waals surface area contributed by atoms with Gasteiger partial charge in [0.15, 0.2) is 5.90 Å². The smallest absolute Gasteiger partial charge is 0.293 e. The molecule has 0 bridgehead atoms. The number of hydrogen-bond acceptors (Lipinski definition) is 4. The van der Waals surface area contributed by atoms with Gasteiger partial charge in [-0.1, -0.05) is 34.1 Å². The van der Waals surface area contributed by atoms with Crippen LogP contribution in [-0.4, -0.2) is 30.6 Å². The second-order valence-electron chi connectivity index (χ2n) is 13.6. The Labute approximate surface area is 201 Å². The summed E-state index contributed by atoms with van der Waals surface area (Å²) in [5, 5.41) is 0. The minimum Gasteiger partial charge on any atom is -0.478 e. The highest BCUT2D eigenvalue weighted by Gasteiger charge is 2.64. The Morgan fingerprint density at radius 2 is 1.88 bits per heavy atom. The fraction of sp³-hybridized carbons (Fsp3) is 0.931. The molecular weight excluding hydrogens is 410 g/mol. The Kier molecular flexibility index (Phi) is 5.93. The van der Waals surface area contributed by atoms with Gasteiger partial charge in [-0.15, -0.1) is 0 Å². The van der Waals surface area contributed by atoms with Crippen molar-refractivity contribution in [1.82, 2.24) is 0 Å². The average Bonchev–Trinajstić information content (AvgIpc) is 3.32. The van der Waals surface area contributed by atoms with Crippen molar-refractivity contribution in [3.05, 3.63) is 0 Å². The molecule has 0 spiro atoms. The van der Waals surface area contributed by atoms with Crippen molar-refractivity contribution in [2.75, 3.05) is 6.61 Å². The SMILES string of the molecule is CC[C@@H](C)[C@H]1CC[C@H]2[C@@H]3CC[C@@H]4C[C@H](OC=O)CC(C5=NC(C)(C)CO5)[C@]4(C)[C@H]3CC[C@]12C. The van der Waals surface area contributed by atoms with Gasteiger partial charge in [0.25, 0.3) is 6.47 Å². The first kappa shape index (κ1) is 23.7. The number of aliphatic imine (C=N–C) groups is 1. The predicted octanol–water partition coefficient (Wildman–Crippen LogP) is 6.67. The molecule has 33 heavy (non-hydrogen) atoms. The van der Waals surface area contributed by atoms with Crippen LogP contribution in [0.2, 0.25) is 0 Å². The Bertz CT molecular complexity index is 792. The number of rotatable bonds is 5. The normalized spacial score (nSPS) is 49.2. The van der Waals surface area contributed by atoms with Gasteiger partial charge in [0.05, 0.1) is 5.54 Å². The van der Waals surface area contributed by atoms with Crippen LogP contribution in [0.15, 0.2) is 4.99 Å². The van der Waals surface area contributed by atoms with Crippen LogP contribution in [0.25, 0.3) is 0 Å². The minimum absolute atomic E-state index is 0.00672. The number of ether oxygens (including phenoxy) is 2. The maximum absolute atomic E-state index is 11.3. The van der Waals surface area contributed by atoms with E-state index in [1.54, 1.807) is 0 Å². The second-order valence-corrected chi connectivity index (χ2v) is 13.6. The lowest BCUT2D eigenvalue weighted by atomic mass is 9.42. The zero-order valence-electron chi connectivity index (χ0n) is 21.9. The Balaban J connectivity index is 1.48. The first-order chi connectivity index (χ1) is 15.6. The fourth-order valence-electron chi connectivity index (χ4n) is 9.92. The van der Waals surface area contributed by atoms with E-state index in [0.29, 0.717) is 24.4 Å². The van der Waals surface area contributed by atoms with E-state index in [0.717, 1.165) is 48.3 Å². The van der Waals surface area contributed by atoms with Crippen molar-refractivity contribution in [1.29, 1.82) is 0 Å². The molecule has 0 aromatic heterocycles. The summed E-state index contributed by atoms with van der Waals surface area (Å²) >= 11 is 0. The van der Waals surface area contributed by atoms with Crippen LogP contribution in [0.4, 0.5) is 0 Å². The molecule has 1 heterocycles. The van der Waals surface area contributed by atoms with Crippen LogP contribution in [0.1, 0.15) is 99.3 Å². The molecule has 5 aliphatic rings. The maximum Gasteiger partial charge on any atom is 0.293 e. The van der Waals surface area contributed by atoms with Crippen LogP contribution < -0.4 is 0 Å². The highest BCUT2D eigenvalue weighted by atomic mass is 16.5. The van der Waals surface area contributed by atoms with Gasteiger partial charge < -0.3 is 9.47 Å². The largest absolute Gasteiger partial charge is 0.478 e. The van der Waals surface area contributed by atoms with Crippen molar-refractivity contribution in [3.63, 3.8) is 0 Å². The molecule has 5 rings (SSSR count). The standard InChI is InChI=1S/C29H47NO3/c1-7-18(2)22-10-11-23-21-9-8-19-14-20(33-17-31)15-25(26-30-27(3,4)16-32-26)29(19,6)24(21)12-13-28(22,23)5/h17-25H,7-16H2,1-6H3/t18-,19-,20+,21+,22-,23+,24+,25?,28-,29+/m1/s1. The van der Waals surface area contributed by atoms with Crippen molar-refractivity contribution in [2.45, 2.75) is 111 Å². The monoisotopic (exact) mass is 457 g/mol. The maximum atomic E-state index is 11.3. The van der Waals surface area contributed by atoms with Gasteiger partial charge in [0.2, 0.25) is 0 Å².